The molecule has 17 N–H and O–H groups in total. The molecule has 0 bridgehead atoms. The van der Waals surface area contributed by atoms with Crippen LogP contribution in [0.5, 0.6) is 0 Å². The first kappa shape index (κ1) is 86.3. The summed E-state index contributed by atoms with van der Waals surface area (Å²) in [5, 5.41) is 27.3. The predicted molar refractivity (Wildman–Crippen MR) is 419 cm³/mol. The van der Waals surface area contributed by atoms with Crippen molar-refractivity contribution < 1.29 is 33.4 Å². The SMILES string of the molecule is CC(C)CCCC(C)C1CCC2C3CC=C4CC(OC(=O)NCCNC(=O)C(CCNCCCN)NCCCN)CCC4(C)C3CCC12C.CC(C)CCCC(C)C1CCC2C3CC=C4CC(OC(=O)NCCNC(=O)CNC(=O)C(CCCNCCCN)CCNCN)CCC4(C)C3CCC12C. The van der Waals surface area contributed by atoms with Gasteiger partial charge in [-0.1, -0.05) is 131 Å². The normalized spacial score (nSPS) is 31.0. The van der Waals surface area contributed by atoms with Gasteiger partial charge in [-0.3, -0.25) is 14.4 Å². The van der Waals surface area contributed by atoms with E-state index in [2.05, 4.69) is 129 Å². The average molecular weight is 1450 g/mol. The molecule has 18 unspecified atom stereocenters. The van der Waals surface area contributed by atoms with Crippen molar-refractivity contribution in [2.24, 2.45) is 122 Å². The Morgan fingerprint density at radius 3 is 1.41 bits per heavy atom. The standard InChI is InChI=1S/C43H79N7O4.C40H74N6O3/c1-30(2)9-6-10-31(3)36-14-15-37-35-13-12-33-27-34(16-19-42(33,4)38(35)17-20-43(36,37)5)54-41(53)49-26-25-48-39(51)28-50-40(52)32(18-24-47-29-45)11-7-22-46-23-8-21-44;1-28(2)9-6-10-29(3)33-13-14-34-32-12-11-30-27-31(15-18-39(30,4)35(32)16-19-40(33,34)5)49-38(48)46-26-25-45-37(47)36(44-23-8-21-42)17-24-43-22-7-20-41/h12,30-32,34-38,46-47H,6-11,13-29,44-45H2,1-5H3,(H,48,51)(H,49,53)(H,50,52);11,28-29,31-36,43-44H,6-10,12-27,41-42H2,1-5H3,(H,45,47)(H,46,48). The molecule has 6 saturated carbocycles. The van der Waals surface area contributed by atoms with Crippen LogP contribution in [0.4, 0.5) is 9.59 Å². The Balaban J connectivity index is 0.000000290. The Morgan fingerprint density at radius 2 is 0.913 bits per heavy atom. The Labute approximate surface area is 625 Å². The van der Waals surface area contributed by atoms with Gasteiger partial charge in [0.1, 0.15) is 12.2 Å². The third kappa shape index (κ3) is 24.6. The molecular weight excluding hydrogens is 1290 g/mol. The second kappa shape index (κ2) is 43.3. The molecule has 8 aliphatic rings. The van der Waals surface area contributed by atoms with Crippen LogP contribution in [0.1, 0.15) is 255 Å². The number of allylic oxidation sites excluding steroid dienone is 2. The van der Waals surface area contributed by atoms with Gasteiger partial charge in [0.25, 0.3) is 0 Å². The number of hydrogen-bond acceptors (Lipinski definition) is 15. The molecule has 0 spiro atoms. The zero-order valence-corrected chi connectivity index (χ0v) is 66.7. The molecule has 103 heavy (non-hydrogen) atoms. The van der Waals surface area contributed by atoms with Gasteiger partial charge in [0, 0.05) is 51.6 Å². The van der Waals surface area contributed by atoms with Crippen LogP contribution in [-0.2, 0) is 23.9 Å². The number of carbonyl (C=O) groups excluding carboxylic acids is 5. The fourth-order valence-electron chi connectivity index (χ4n) is 22.0. The lowest BCUT2D eigenvalue weighted by atomic mass is 9.47. The van der Waals surface area contributed by atoms with Gasteiger partial charge in [-0.05, 0) is 286 Å². The van der Waals surface area contributed by atoms with Crippen molar-refractivity contribution in [2.75, 3.05) is 98.3 Å². The third-order valence-corrected chi connectivity index (χ3v) is 27.8. The molecule has 0 aromatic rings. The van der Waals surface area contributed by atoms with Crippen LogP contribution >= 0.6 is 0 Å². The lowest BCUT2D eigenvalue weighted by molar-refractivity contribution is -0.128. The van der Waals surface area contributed by atoms with Crippen LogP contribution in [0.2, 0.25) is 0 Å². The topological polar surface area (TPSA) is 316 Å². The van der Waals surface area contributed by atoms with Crippen molar-refractivity contribution >= 4 is 29.9 Å². The first-order valence-corrected chi connectivity index (χ1v) is 42.2. The highest BCUT2D eigenvalue weighted by Gasteiger charge is 2.61. The molecule has 0 aromatic heterocycles. The largest absolute Gasteiger partial charge is 0.446 e. The predicted octanol–water partition coefficient (Wildman–Crippen LogP) is 11.5. The van der Waals surface area contributed by atoms with Crippen molar-refractivity contribution in [3.05, 3.63) is 23.3 Å². The average Bonchev–Trinajstić information content (AvgIpc) is 1.69. The van der Waals surface area contributed by atoms with Crippen molar-refractivity contribution in [3.8, 4) is 0 Å². The van der Waals surface area contributed by atoms with E-state index in [9.17, 15) is 24.0 Å². The smallest absolute Gasteiger partial charge is 0.407 e. The molecule has 0 heterocycles. The van der Waals surface area contributed by atoms with E-state index < -0.39 is 6.09 Å². The summed E-state index contributed by atoms with van der Waals surface area (Å²) in [7, 11) is 0. The van der Waals surface area contributed by atoms with E-state index in [1.165, 1.54) is 114 Å². The fourth-order valence-corrected chi connectivity index (χ4v) is 22.0. The molecule has 592 valence electrons. The molecule has 20 heteroatoms. The molecule has 5 amide bonds. The monoisotopic (exact) mass is 1440 g/mol. The van der Waals surface area contributed by atoms with Gasteiger partial charge in [0.2, 0.25) is 17.7 Å². The quantitative estimate of drug-likeness (QED) is 0.0153. The summed E-state index contributed by atoms with van der Waals surface area (Å²) in [4.78, 5) is 63.8. The second-order valence-electron chi connectivity index (χ2n) is 35.4. The zero-order chi connectivity index (χ0) is 74.6. The van der Waals surface area contributed by atoms with Crippen molar-refractivity contribution in [1.29, 1.82) is 0 Å². The molecule has 0 radical (unpaired) electrons. The van der Waals surface area contributed by atoms with E-state index in [1.54, 1.807) is 0 Å². The van der Waals surface area contributed by atoms with Gasteiger partial charge < -0.3 is 80.3 Å². The first-order chi connectivity index (χ1) is 49.5. The molecule has 0 aromatic carbocycles. The molecule has 20 nitrogen and oxygen atoms in total. The highest BCUT2D eigenvalue weighted by Crippen LogP contribution is 2.69. The summed E-state index contributed by atoms with van der Waals surface area (Å²) in [5.41, 5.74) is 26.8. The summed E-state index contributed by atoms with van der Waals surface area (Å²) in [6.45, 7) is 32.9. The molecule has 6 fully saturated rings. The summed E-state index contributed by atoms with van der Waals surface area (Å²) < 4.78 is 11.9. The summed E-state index contributed by atoms with van der Waals surface area (Å²) in [5.74, 6) is 9.12. The van der Waals surface area contributed by atoms with Crippen LogP contribution in [-0.4, -0.2) is 146 Å². The number of alkyl carbamates (subject to hydrolysis) is 2. The second-order valence-corrected chi connectivity index (χ2v) is 35.4. The Hall–Kier alpha value is -3.89. The van der Waals surface area contributed by atoms with E-state index in [0.717, 1.165) is 168 Å². The van der Waals surface area contributed by atoms with E-state index >= 15 is 0 Å². The number of hydrogen-bond donors (Lipinski definition) is 13. The van der Waals surface area contributed by atoms with E-state index in [-0.39, 0.29) is 78.4 Å². The number of rotatable bonds is 43. The van der Waals surface area contributed by atoms with Crippen molar-refractivity contribution in [1.82, 2.24) is 47.9 Å². The van der Waals surface area contributed by atoms with Crippen molar-refractivity contribution in [2.45, 2.75) is 274 Å². The molecular formula is C83H153N13O7. The van der Waals surface area contributed by atoms with Gasteiger partial charge in [0.05, 0.1) is 12.6 Å². The Kier molecular flexibility index (Phi) is 36.3. The summed E-state index contributed by atoms with van der Waals surface area (Å²) >= 11 is 0. The fraction of sp³-hybridized carbons (Fsp3) is 0.892. The maximum absolute atomic E-state index is 12.9. The molecule has 8 rings (SSSR count). The Morgan fingerprint density at radius 1 is 0.447 bits per heavy atom. The minimum absolute atomic E-state index is 0.0609. The van der Waals surface area contributed by atoms with Crippen LogP contribution in [0.3, 0.4) is 0 Å². The van der Waals surface area contributed by atoms with Gasteiger partial charge in [-0.2, -0.15) is 0 Å². The number of carbonyl (C=O) groups is 5. The minimum atomic E-state index is -0.431. The zero-order valence-electron chi connectivity index (χ0n) is 66.7. The van der Waals surface area contributed by atoms with Crippen LogP contribution in [0, 0.1) is 98.6 Å². The molecule has 8 aliphatic carbocycles. The van der Waals surface area contributed by atoms with E-state index in [1.807, 2.05) is 0 Å². The lowest BCUT2D eigenvalue weighted by Gasteiger charge is -2.58. The minimum Gasteiger partial charge on any atom is -0.446 e. The summed E-state index contributed by atoms with van der Waals surface area (Å²) in [6.07, 6.45) is 37.1. The molecule has 0 saturated heterocycles. The molecule has 0 aliphatic heterocycles. The number of amides is 5. The van der Waals surface area contributed by atoms with Crippen molar-refractivity contribution in [3.63, 3.8) is 0 Å². The van der Waals surface area contributed by atoms with E-state index in [4.69, 9.17) is 32.4 Å². The third-order valence-electron chi connectivity index (χ3n) is 27.8. The number of nitrogens with one attached hydrogen (secondary N) is 9. The van der Waals surface area contributed by atoms with Crippen LogP contribution in [0.15, 0.2) is 23.3 Å². The number of ether oxygens (including phenoxy) is 2. The highest BCUT2D eigenvalue weighted by molar-refractivity contribution is 5.86. The molecule has 18 atom stereocenters. The Bertz CT molecular complexity index is 2630. The van der Waals surface area contributed by atoms with Gasteiger partial charge in [0.15, 0.2) is 0 Å². The summed E-state index contributed by atoms with van der Waals surface area (Å²) in [6, 6.07) is -0.306. The van der Waals surface area contributed by atoms with Gasteiger partial charge in [-0.25, -0.2) is 9.59 Å². The highest BCUT2D eigenvalue weighted by atomic mass is 16.6. The van der Waals surface area contributed by atoms with Crippen LogP contribution in [0.25, 0.3) is 0 Å². The maximum Gasteiger partial charge on any atom is 0.407 e. The maximum atomic E-state index is 12.9. The van der Waals surface area contributed by atoms with Crippen LogP contribution < -0.4 is 70.8 Å². The van der Waals surface area contributed by atoms with E-state index in [0.29, 0.717) is 76.2 Å². The van der Waals surface area contributed by atoms with Gasteiger partial charge in [-0.15, -0.1) is 0 Å². The number of fused-ring (bicyclic) bond motifs is 10. The van der Waals surface area contributed by atoms with Gasteiger partial charge >= 0.3 is 12.2 Å². The lowest BCUT2D eigenvalue weighted by Crippen LogP contribution is -2.51. The number of nitrogens with two attached hydrogens (primary N) is 4. The first-order valence-electron chi connectivity index (χ1n) is 42.2.